The van der Waals surface area contributed by atoms with Gasteiger partial charge < -0.3 is 5.32 Å². The molecule has 1 fully saturated rings. The Morgan fingerprint density at radius 2 is 2.24 bits per heavy atom. The van der Waals surface area contributed by atoms with Gasteiger partial charge in [-0.2, -0.15) is 5.10 Å². The molecule has 2 heterocycles. The van der Waals surface area contributed by atoms with Gasteiger partial charge in [0.15, 0.2) is 0 Å². The molecule has 1 saturated heterocycles. The lowest BCUT2D eigenvalue weighted by Crippen LogP contribution is -2.31. The first-order valence-electron chi connectivity index (χ1n) is 7.12. The highest BCUT2D eigenvalue weighted by atomic mass is 15.3. The summed E-state index contributed by atoms with van der Waals surface area (Å²) in [6.45, 7) is 6.53. The second kappa shape index (κ2) is 6.20. The molecular formula is C14H25N3. The van der Waals surface area contributed by atoms with Crippen LogP contribution in [0.5, 0.6) is 0 Å². The number of nitrogens with one attached hydrogen (secondary N) is 1. The Morgan fingerprint density at radius 1 is 1.35 bits per heavy atom. The predicted octanol–water partition coefficient (Wildman–Crippen LogP) is 2.54. The van der Waals surface area contributed by atoms with E-state index in [9.17, 15) is 0 Å². The van der Waals surface area contributed by atoms with Crippen LogP contribution in [-0.2, 0) is 19.4 Å². The average Bonchev–Trinajstić information content (AvgIpc) is 2.56. The third-order valence-corrected chi connectivity index (χ3v) is 3.69. The summed E-state index contributed by atoms with van der Waals surface area (Å²) in [4.78, 5) is 0. The summed E-state index contributed by atoms with van der Waals surface area (Å²) in [6.07, 6.45) is 7.59. The van der Waals surface area contributed by atoms with Gasteiger partial charge in [0.25, 0.3) is 0 Å². The van der Waals surface area contributed by atoms with Gasteiger partial charge in [-0.15, -0.1) is 0 Å². The Balaban J connectivity index is 2.02. The van der Waals surface area contributed by atoms with Crippen molar-refractivity contribution in [3.05, 3.63) is 17.5 Å². The molecule has 96 valence electrons. The summed E-state index contributed by atoms with van der Waals surface area (Å²) < 4.78 is 2.17. The highest BCUT2D eigenvalue weighted by molar-refractivity contribution is 5.12. The molecule has 1 aromatic heterocycles. The van der Waals surface area contributed by atoms with Gasteiger partial charge >= 0.3 is 0 Å². The van der Waals surface area contributed by atoms with E-state index in [1.165, 1.54) is 43.6 Å². The molecule has 0 aliphatic carbocycles. The van der Waals surface area contributed by atoms with Gasteiger partial charge in [0, 0.05) is 24.7 Å². The molecular weight excluding hydrogens is 210 g/mol. The highest BCUT2D eigenvalue weighted by Gasteiger charge is 2.15. The van der Waals surface area contributed by atoms with Crippen molar-refractivity contribution in [2.75, 3.05) is 6.54 Å². The number of aryl methyl sites for hydroxylation is 2. The monoisotopic (exact) mass is 235 g/mol. The molecule has 1 N–H and O–H groups in total. The van der Waals surface area contributed by atoms with Gasteiger partial charge in [0.1, 0.15) is 0 Å². The molecule has 1 aliphatic heterocycles. The summed E-state index contributed by atoms with van der Waals surface area (Å²) in [6, 6.07) is 2.94. The predicted molar refractivity (Wildman–Crippen MR) is 71.2 cm³/mol. The van der Waals surface area contributed by atoms with Crippen LogP contribution in [0.3, 0.4) is 0 Å². The van der Waals surface area contributed by atoms with Crippen molar-refractivity contribution in [2.24, 2.45) is 0 Å². The SMILES string of the molecule is CCc1cc(CC2CCCCCN2)n(CC)n1. The molecule has 0 saturated carbocycles. The van der Waals surface area contributed by atoms with Crippen molar-refractivity contribution in [3.63, 3.8) is 0 Å². The van der Waals surface area contributed by atoms with Crippen molar-refractivity contribution in [1.29, 1.82) is 0 Å². The quantitative estimate of drug-likeness (QED) is 0.869. The number of rotatable bonds is 4. The average molecular weight is 235 g/mol. The zero-order chi connectivity index (χ0) is 12.1. The Bertz CT molecular complexity index is 335. The molecule has 1 aliphatic rings. The van der Waals surface area contributed by atoms with Crippen LogP contribution in [0.4, 0.5) is 0 Å². The fourth-order valence-electron chi connectivity index (χ4n) is 2.65. The maximum Gasteiger partial charge on any atom is 0.0624 e. The molecule has 1 aromatic rings. The maximum absolute atomic E-state index is 4.62. The zero-order valence-corrected chi connectivity index (χ0v) is 11.2. The standard InChI is InChI=1S/C14H25N3/c1-3-12-10-14(17(4-2)16-12)11-13-8-6-5-7-9-15-13/h10,13,15H,3-9,11H2,1-2H3. The van der Waals surface area contributed by atoms with Crippen molar-refractivity contribution < 1.29 is 0 Å². The third-order valence-electron chi connectivity index (χ3n) is 3.69. The lowest BCUT2D eigenvalue weighted by Gasteiger charge is -2.16. The molecule has 0 radical (unpaired) electrons. The van der Waals surface area contributed by atoms with Crippen LogP contribution in [0.2, 0.25) is 0 Å². The van der Waals surface area contributed by atoms with E-state index in [1.54, 1.807) is 0 Å². The largest absolute Gasteiger partial charge is 0.314 e. The van der Waals surface area contributed by atoms with Gasteiger partial charge in [0.05, 0.1) is 5.69 Å². The van der Waals surface area contributed by atoms with Crippen molar-refractivity contribution in [2.45, 2.75) is 65.0 Å². The normalized spacial score (nSPS) is 21.4. The first-order chi connectivity index (χ1) is 8.33. The van der Waals surface area contributed by atoms with Crippen LogP contribution in [-0.4, -0.2) is 22.4 Å². The summed E-state index contributed by atoms with van der Waals surface area (Å²) in [7, 11) is 0. The lowest BCUT2D eigenvalue weighted by molar-refractivity contribution is 0.484. The van der Waals surface area contributed by atoms with E-state index in [1.807, 2.05) is 0 Å². The Hall–Kier alpha value is -0.830. The van der Waals surface area contributed by atoms with Crippen LogP contribution < -0.4 is 5.32 Å². The van der Waals surface area contributed by atoms with E-state index in [-0.39, 0.29) is 0 Å². The second-order valence-electron chi connectivity index (χ2n) is 5.00. The van der Waals surface area contributed by atoms with E-state index >= 15 is 0 Å². The third kappa shape index (κ3) is 3.32. The molecule has 0 bridgehead atoms. The van der Waals surface area contributed by atoms with E-state index in [0.717, 1.165) is 19.4 Å². The van der Waals surface area contributed by atoms with Crippen LogP contribution in [0.15, 0.2) is 6.07 Å². The first kappa shape index (κ1) is 12.6. The lowest BCUT2D eigenvalue weighted by atomic mass is 10.1. The first-order valence-corrected chi connectivity index (χ1v) is 7.12. The van der Waals surface area contributed by atoms with Gasteiger partial charge in [-0.05, 0) is 38.8 Å². The van der Waals surface area contributed by atoms with E-state index < -0.39 is 0 Å². The number of aromatic nitrogens is 2. The summed E-state index contributed by atoms with van der Waals surface area (Å²) in [5.41, 5.74) is 2.64. The zero-order valence-electron chi connectivity index (χ0n) is 11.2. The van der Waals surface area contributed by atoms with Crippen molar-refractivity contribution in [1.82, 2.24) is 15.1 Å². The summed E-state index contributed by atoms with van der Waals surface area (Å²) in [5.74, 6) is 0. The number of hydrogen-bond acceptors (Lipinski definition) is 2. The molecule has 1 atom stereocenters. The molecule has 2 rings (SSSR count). The van der Waals surface area contributed by atoms with E-state index in [0.29, 0.717) is 6.04 Å². The van der Waals surface area contributed by atoms with E-state index in [4.69, 9.17) is 0 Å². The molecule has 0 aromatic carbocycles. The van der Waals surface area contributed by atoms with Crippen LogP contribution in [0.1, 0.15) is 50.9 Å². The molecule has 3 nitrogen and oxygen atoms in total. The van der Waals surface area contributed by atoms with Crippen LogP contribution >= 0.6 is 0 Å². The summed E-state index contributed by atoms with van der Waals surface area (Å²) in [5, 5.41) is 8.29. The second-order valence-corrected chi connectivity index (χ2v) is 5.00. The molecule has 0 amide bonds. The minimum absolute atomic E-state index is 0.657. The smallest absolute Gasteiger partial charge is 0.0624 e. The van der Waals surface area contributed by atoms with Crippen molar-refractivity contribution >= 4 is 0 Å². The highest BCUT2D eigenvalue weighted by Crippen LogP contribution is 2.14. The molecule has 1 unspecified atom stereocenters. The van der Waals surface area contributed by atoms with Gasteiger partial charge in [0.2, 0.25) is 0 Å². The van der Waals surface area contributed by atoms with Gasteiger partial charge in [-0.25, -0.2) is 0 Å². The van der Waals surface area contributed by atoms with Crippen LogP contribution in [0, 0.1) is 0 Å². The summed E-state index contributed by atoms with van der Waals surface area (Å²) >= 11 is 0. The molecule has 17 heavy (non-hydrogen) atoms. The van der Waals surface area contributed by atoms with Gasteiger partial charge in [-0.1, -0.05) is 19.8 Å². The Morgan fingerprint density at radius 3 is 3.00 bits per heavy atom. The Labute approximate surface area is 105 Å². The minimum Gasteiger partial charge on any atom is -0.314 e. The van der Waals surface area contributed by atoms with Crippen LogP contribution in [0.25, 0.3) is 0 Å². The fourth-order valence-corrected chi connectivity index (χ4v) is 2.65. The maximum atomic E-state index is 4.62. The molecule has 3 heteroatoms. The van der Waals surface area contributed by atoms with E-state index in [2.05, 4.69) is 35.0 Å². The molecule has 0 spiro atoms. The topological polar surface area (TPSA) is 29.9 Å². The fraction of sp³-hybridized carbons (Fsp3) is 0.786. The Kier molecular flexibility index (Phi) is 4.60. The minimum atomic E-state index is 0.657. The number of hydrogen-bond donors (Lipinski definition) is 1. The van der Waals surface area contributed by atoms with Crippen molar-refractivity contribution in [3.8, 4) is 0 Å². The number of nitrogens with zero attached hydrogens (tertiary/aromatic N) is 2. The van der Waals surface area contributed by atoms with Gasteiger partial charge in [-0.3, -0.25) is 4.68 Å².